The Morgan fingerprint density at radius 3 is 2.74 bits per heavy atom. The van der Waals surface area contributed by atoms with Crippen molar-refractivity contribution in [1.82, 2.24) is 9.97 Å². The first kappa shape index (κ1) is 20.1. The van der Waals surface area contributed by atoms with E-state index in [1.807, 2.05) is 6.92 Å². The Balaban J connectivity index is 1.43. The Morgan fingerprint density at radius 2 is 2.00 bits per heavy atom. The lowest BCUT2D eigenvalue weighted by Crippen LogP contribution is -2.15. The predicted octanol–water partition coefficient (Wildman–Crippen LogP) is 4.08. The molecule has 0 saturated carbocycles. The van der Waals surface area contributed by atoms with Crippen molar-refractivity contribution in [2.75, 3.05) is 5.32 Å². The highest BCUT2D eigenvalue weighted by atomic mass is 19.1. The third kappa shape index (κ3) is 4.53. The van der Waals surface area contributed by atoms with Crippen LogP contribution < -0.4 is 15.8 Å². The number of aromatic nitrogens is 2. The molecule has 0 unspecified atom stereocenters. The van der Waals surface area contributed by atoms with Gasteiger partial charge >= 0.3 is 0 Å². The number of halogens is 1. The lowest BCUT2D eigenvalue weighted by atomic mass is 10.1. The van der Waals surface area contributed by atoms with Crippen molar-refractivity contribution >= 4 is 28.4 Å². The summed E-state index contributed by atoms with van der Waals surface area (Å²) < 4.78 is 19.2. The van der Waals surface area contributed by atoms with Gasteiger partial charge < -0.3 is 20.8 Å². The van der Waals surface area contributed by atoms with Gasteiger partial charge in [0.1, 0.15) is 11.6 Å². The van der Waals surface area contributed by atoms with Crippen LogP contribution in [0.25, 0.3) is 10.9 Å². The Labute approximate surface area is 177 Å². The number of carbonyl (C=O) groups excluding carboxylic acids is 2. The highest BCUT2D eigenvalue weighted by Gasteiger charge is 2.14. The van der Waals surface area contributed by atoms with Crippen molar-refractivity contribution in [1.29, 1.82) is 0 Å². The molecular weight excluding hydrogens is 399 g/mol. The van der Waals surface area contributed by atoms with E-state index >= 15 is 0 Å². The number of fused-ring (bicyclic) bond motifs is 1. The molecule has 0 aliphatic heterocycles. The van der Waals surface area contributed by atoms with Crippen LogP contribution in [0.15, 0.2) is 60.8 Å². The molecule has 2 aromatic heterocycles. The van der Waals surface area contributed by atoms with E-state index in [4.69, 9.17) is 10.5 Å². The summed E-state index contributed by atoms with van der Waals surface area (Å²) in [6, 6.07) is 14.1. The van der Waals surface area contributed by atoms with Gasteiger partial charge in [-0.25, -0.2) is 9.37 Å². The molecule has 4 rings (SSSR count). The highest BCUT2D eigenvalue weighted by Crippen LogP contribution is 2.25. The molecule has 0 atom stereocenters. The minimum atomic E-state index is -0.551. The Morgan fingerprint density at radius 1 is 1.16 bits per heavy atom. The van der Waals surface area contributed by atoms with Gasteiger partial charge in [-0.15, -0.1) is 0 Å². The fourth-order valence-corrected chi connectivity index (χ4v) is 3.30. The van der Waals surface area contributed by atoms with E-state index in [0.29, 0.717) is 28.3 Å². The van der Waals surface area contributed by atoms with Gasteiger partial charge in [0.15, 0.2) is 0 Å². The summed E-state index contributed by atoms with van der Waals surface area (Å²) in [7, 11) is 0. The van der Waals surface area contributed by atoms with Crippen molar-refractivity contribution in [3.8, 4) is 11.6 Å². The Kier molecular flexibility index (Phi) is 5.36. The first-order chi connectivity index (χ1) is 14.9. The number of hydrogen-bond donors (Lipinski definition) is 3. The van der Waals surface area contributed by atoms with Crippen molar-refractivity contribution in [3.05, 3.63) is 83.4 Å². The number of nitrogens with zero attached hydrogens (tertiary/aromatic N) is 1. The number of nitrogens with two attached hydrogens (primary N) is 1. The fourth-order valence-electron chi connectivity index (χ4n) is 3.30. The normalized spacial score (nSPS) is 10.8. The zero-order chi connectivity index (χ0) is 22.0. The van der Waals surface area contributed by atoms with Crippen LogP contribution in [-0.2, 0) is 11.2 Å². The minimum Gasteiger partial charge on any atom is -0.439 e. The molecule has 0 aliphatic rings. The minimum absolute atomic E-state index is 0.0907. The zero-order valence-electron chi connectivity index (χ0n) is 16.6. The average Bonchev–Trinajstić information content (AvgIpc) is 3.04. The smallest absolute Gasteiger partial charge is 0.248 e. The van der Waals surface area contributed by atoms with Gasteiger partial charge in [-0.3, -0.25) is 9.59 Å². The molecule has 0 spiro atoms. The summed E-state index contributed by atoms with van der Waals surface area (Å²) in [5.41, 5.74) is 8.43. The van der Waals surface area contributed by atoms with Gasteiger partial charge in [0.2, 0.25) is 17.7 Å². The van der Waals surface area contributed by atoms with Crippen molar-refractivity contribution in [2.24, 2.45) is 5.73 Å². The van der Waals surface area contributed by atoms with Gasteiger partial charge in [-0.2, -0.15) is 0 Å². The summed E-state index contributed by atoms with van der Waals surface area (Å²) in [6.07, 6.45) is 1.56. The Hall–Kier alpha value is -4.20. The fraction of sp³-hybridized carbons (Fsp3) is 0.0870. The number of amides is 2. The highest BCUT2D eigenvalue weighted by molar-refractivity contribution is 5.96. The second kappa shape index (κ2) is 8.27. The molecule has 156 valence electrons. The van der Waals surface area contributed by atoms with Crippen LogP contribution in [0.4, 0.5) is 10.1 Å². The first-order valence-corrected chi connectivity index (χ1v) is 9.49. The quantitative estimate of drug-likeness (QED) is 0.438. The molecule has 4 aromatic rings. The van der Waals surface area contributed by atoms with Gasteiger partial charge in [-0.1, -0.05) is 6.07 Å². The summed E-state index contributed by atoms with van der Waals surface area (Å²) in [6.45, 7) is 1.85. The van der Waals surface area contributed by atoms with E-state index < -0.39 is 5.91 Å². The Bertz CT molecular complexity index is 1280. The van der Waals surface area contributed by atoms with E-state index in [0.717, 1.165) is 16.8 Å². The lowest BCUT2D eigenvalue weighted by molar-refractivity contribution is -0.115. The zero-order valence-corrected chi connectivity index (χ0v) is 16.6. The van der Waals surface area contributed by atoms with Crippen LogP contribution in [0.2, 0.25) is 0 Å². The molecule has 8 heteroatoms. The maximum absolute atomic E-state index is 13.6. The number of carbonyl (C=O) groups is 2. The van der Waals surface area contributed by atoms with Gasteiger partial charge in [0.25, 0.3) is 0 Å². The molecule has 31 heavy (non-hydrogen) atoms. The monoisotopic (exact) mass is 418 g/mol. The summed E-state index contributed by atoms with van der Waals surface area (Å²) in [4.78, 5) is 31.1. The van der Waals surface area contributed by atoms with Crippen molar-refractivity contribution in [2.45, 2.75) is 13.3 Å². The van der Waals surface area contributed by atoms with E-state index in [9.17, 15) is 14.0 Å². The standard InChI is InChI=1S/C23H19FN4O3/c1-13-18(19-10-15(24)5-7-20(19)27-13)11-21(29)28-16-6-8-22(26-12-16)31-17-4-2-3-14(9-17)23(25)30/h2-10,12,27H,11H2,1H3,(H2,25,30)(H,28,29). The molecule has 7 nitrogen and oxygen atoms in total. The third-order valence-electron chi connectivity index (χ3n) is 4.78. The van der Waals surface area contributed by atoms with Crippen molar-refractivity contribution in [3.63, 3.8) is 0 Å². The average molecular weight is 418 g/mol. The SMILES string of the molecule is Cc1[nH]c2ccc(F)cc2c1CC(=O)Nc1ccc(Oc2cccc(C(N)=O)c2)nc1. The summed E-state index contributed by atoms with van der Waals surface area (Å²) >= 11 is 0. The number of benzene rings is 2. The van der Waals surface area contributed by atoms with Crippen LogP contribution in [-0.4, -0.2) is 21.8 Å². The maximum atomic E-state index is 13.6. The van der Waals surface area contributed by atoms with Crippen molar-refractivity contribution < 1.29 is 18.7 Å². The molecule has 0 radical (unpaired) electrons. The molecule has 0 aliphatic carbocycles. The van der Waals surface area contributed by atoms with Crippen LogP contribution >= 0.6 is 0 Å². The molecular formula is C23H19FN4O3. The number of H-pyrrole nitrogens is 1. The number of aromatic amines is 1. The van der Waals surface area contributed by atoms with Crippen LogP contribution in [0.3, 0.4) is 0 Å². The molecule has 2 aromatic carbocycles. The maximum Gasteiger partial charge on any atom is 0.248 e. The topological polar surface area (TPSA) is 110 Å². The van der Waals surface area contributed by atoms with E-state index in [-0.39, 0.29) is 18.1 Å². The molecule has 0 saturated heterocycles. The predicted molar refractivity (Wildman–Crippen MR) is 115 cm³/mol. The first-order valence-electron chi connectivity index (χ1n) is 9.49. The van der Waals surface area contributed by atoms with Gasteiger partial charge in [-0.05, 0) is 55.0 Å². The van der Waals surface area contributed by atoms with E-state index in [1.54, 1.807) is 36.4 Å². The number of hydrogen-bond acceptors (Lipinski definition) is 4. The second-order valence-electron chi connectivity index (χ2n) is 7.02. The van der Waals surface area contributed by atoms with Crippen LogP contribution in [0.1, 0.15) is 21.6 Å². The molecule has 2 amide bonds. The number of nitrogens with one attached hydrogen (secondary N) is 2. The number of aryl methyl sites for hydroxylation is 1. The largest absolute Gasteiger partial charge is 0.439 e. The number of anilines is 1. The lowest BCUT2D eigenvalue weighted by Gasteiger charge is -2.08. The van der Waals surface area contributed by atoms with E-state index in [2.05, 4.69) is 15.3 Å². The number of primary amides is 1. The van der Waals surface area contributed by atoms with Crippen LogP contribution in [0, 0.1) is 12.7 Å². The van der Waals surface area contributed by atoms with Gasteiger partial charge in [0.05, 0.1) is 18.3 Å². The van der Waals surface area contributed by atoms with Gasteiger partial charge in [0, 0.05) is 28.2 Å². The van der Waals surface area contributed by atoms with Crippen LogP contribution in [0.5, 0.6) is 11.6 Å². The molecule has 4 N–H and O–H groups in total. The molecule has 0 bridgehead atoms. The molecule has 0 fully saturated rings. The number of ether oxygens (including phenoxy) is 1. The number of rotatable bonds is 6. The summed E-state index contributed by atoms with van der Waals surface area (Å²) in [5, 5.41) is 3.46. The second-order valence-corrected chi connectivity index (χ2v) is 7.02. The third-order valence-corrected chi connectivity index (χ3v) is 4.78. The molecule has 2 heterocycles. The number of pyridine rings is 1. The summed E-state index contributed by atoms with van der Waals surface area (Å²) in [5.74, 6) is -0.443. The van der Waals surface area contributed by atoms with E-state index in [1.165, 1.54) is 24.4 Å².